The number of carboxylic acids is 1. The molecule has 0 unspecified atom stereocenters. The first-order chi connectivity index (χ1) is 7.34. The summed E-state index contributed by atoms with van der Waals surface area (Å²) in [6.45, 7) is 2.67. The van der Waals surface area contributed by atoms with E-state index in [2.05, 4.69) is 26.2 Å². The Morgan fingerprint density at radius 1 is 1.44 bits per heavy atom. The van der Waals surface area contributed by atoms with Crippen LogP contribution >= 0.6 is 15.9 Å². The summed E-state index contributed by atoms with van der Waals surface area (Å²) in [5, 5.41) is 11.3. The minimum atomic E-state index is -1.48. The van der Waals surface area contributed by atoms with Crippen LogP contribution in [0.5, 0.6) is 0 Å². The van der Waals surface area contributed by atoms with Crippen LogP contribution < -0.4 is 5.32 Å². The molecule has 6 heteroatoms. The number of amides is 1. The van der Waals surface area contributed by atoms with E-state index in [9.17, 15) is 9.59 Å². The van der Waals surface area contributed by atoms with Crippen molar-refractivity contribution in [1.29, 1.82) is 0 Å². The van der Waals surface area contributed by atoms with Gasteiger partial charge in [0.1, 0.15) is 11.2 Å². The maximum Gasteiger partial charge on any atom is 0.318 e. The van der Waals surface area contributed by atoms with Crippen LogP contribution in [-0.4, -0.2) is 22.0 Å². The molecular weight excluding hydrogens is 276 g/mol. The molecule has 0 atom stereocenters. The largest absolute Gasteiger partial charge is 0.480 e. The van der Waals surface area contributed by atoms with Gasteiger partial charge in [0.05, 0.1) is 0 Å². The average molecular weight is 287 g/mol. The van der Waals surface area contributed by atoms with Crippen molar-refractivity contribution in [2.45, 2.75) is 13.8 Å². The molecule has 0 aliphatic carbocycles. The Hall–Kier alpha value is -1.43. The Balaban J connectivity index is 2.79. The van der Waals surface area contributed by atoms with Crippen molar-refractivity contribution in [3.05, 3.63) is 22.8 Å². The Kier molecular flexibility index (Phi) is 3.64. The fourth-order valence-corrected chi connectivity index (χ4v) is 1.05. The standard InChI is InChI=1S/C10H11BrN2O3/c1-10(2,9(15)16)8(14)13-7-4-3-6(11)5-12-7/h3-5H,1-2H3,(H,15,16)(H,12,13,14). The third-order valence-corrected chi connectivity index (χ3v) is 2.54. The summed E-state index contributed by atoms with van der Waals surface area (Å²) in [7, 11) is 0. The smallest absolute Gasteiger partial charge is 0.318 e. The van der Waals surface area contributed by atoms with Gasteiger partial charge >= 0.3 is 5.97 Å². The molecule has 16 heavy (non-hydrogen) atoms. The summed E-state index contributed by atoms with van der Waals surface area (Å²) < 4.78 is 0.781. The molecule has 0 aromatic carbocycles. The first-order valence-electron chi connectivity index (χ1n) is 4.50. The Morgan fingerprint density at radius 2 is 2.06 bits per heavy atom. The number of hydrogen-bond donors (Lipinski definition) is 2. The zero-order valence-corrected chi connectivity index (χ0v) is 10.4. The van der Waals surface area contributed by atoms with E-state index in [1.807, 2.05) is 0 Å². The number of pyridine rings is 1. The number of carbonyl (C=O) groups excluding carboxylic acids is 1. The third kappa shape index (κ3) is 2.79. The molecule has 1 rings (SSSR count). The van der Waals surface area contributed by atoms with Gasteiger partial charge < -0.3 is 10.4 Å². The summed E-state index contributed by atoms with van der Waals surface area (Å²) >= 11 is 3.21. The minimum Gasteiger partial charge on any atom is -0.480 e. The van der Waals surface area contributed by atoms with Crippen molar-refractivity contribution in [2.75, 3.05) is 5.32 Å². The molecule has 0 fully saturated rings. The lowest BCUT2D eigenvalue weighted by molar-refractivity contribution is -0.151. The van der Waals surface area contributed by atoms with E-state index < -0.39 is 17.3 Å². The molecule has 86 valence electrons. The molecular formula is C10H11BrN2O3. The highest BCUT2D eigenvalue weighted by molar-refractivity contribution is 9.10. The summed E-state index contributed by atoms with van der Waals surface area (Å²) in [4.78, 5) is 26.4. The van der Waals surface area contributed by atoms with Crippen LogP contribution in [0.2, 0.25) is 0 Å². The highest BCUT2D eigenvalue weighted by Gasteiger charge is 2.36. The monoisotopic (exact) mass is 286 g/mol. The molecule has 0 aliphatic heterocycles. The number of aromatic nitrogens is 1. The molecule has 2 N–H and O–H groups in total. The molecule has 1 aromatic rings. The normalized spacial score (nSPS) is 10.9. The van der Waals surface area contributed by atoms with Crippen LogP contribution in [0.25, 0.3) is 0 Å². The van der Waals surface area contributed by atoms with E-state index in [1.54, 1.807) is 12.1 Å². The Morgan fingerprint density at radius 3 is 2.50 bits per heavy atom. The number of hydrogen-bond acceptors (Lipinski definition) is 3. The number of anilines is 1. The van der Waals surface area contributed by atoms with Gasteiger partial charge in [-0.25, -0.2) is 4.98 Å². The number of halogens is 1. The van der Waals surface area contributed by atoms with E-state index in [1.165, 1.54) is 20.0 Å². The topological polar surface area (TPSA) is 79.3 Å². The molecule has 0 radical (unpaired) electrons. The van der Waals surface area contributed by atoms with Gasteiger partial charge in [-0.2, -0.15) is 0 Å². The minimum absolute atomic E-state index is 0.322. The second kappa shape index (κ2) is 4.61. The third-order valence-electron chi connectivity index (χ3n) is 2.07. The van der Waals surface area contributed by atoms with Crippen molar-refractivity contribution in [3.8, 4) is 0 Å². The zero-order chi connectivity index (χ0) is 12.3. The van der Waals surface area contributed by atoms with Crippen LogP contribution in [-0.2, 0) is 9.59 Å². The summed E-state index contributed by atoms with van der Waals surface area (Å²) in [6, 6.07) is 3.29. The van der Waals surface area contributed by atoms with Crippen LogP contribution in [0, 0.1) is 5.41 Å². The maximum absolute atomic E-state index is 11.6. The first kappa shape index (κ1) is 12.6. The molecule has 0 spiro atoms. The Labute approximate surface area is 101 Å². The van der Waals surface area contributed by atoms with Gasteiger partial charge in [-0.1, -0.05) is 0 Å². The lowest BCUT2D eigenvalue weighted by Crippen LogP contribution is -2.38. The number of nitrogens with zero attached hydrogens (tertiary/aromatic N) is 1. The molecule has 0 bridgehead atoms. The lowest BCUT2D eigenvalue weighted by atomic mass is 9.93. The summed E-state index contributed by atoms with van der Waals surface area (Å²) in [5.74, 6) is -1.46. The average Bonchev–Trinajstić information content (AvgIpc) is 2.21. The first-order valence-corrected chi connectivity index (χ1v) is 5.30. The fourth-order valence-electron chi connectivity index (χ4n) is 0.819. The van der Waals surface area contributed by atoms with Gasteiger partial charge in [0, 0.05) is 10.7 Å². The summed E-state index contributed by atoms with van der Waals surface area (Å²) in [5.41, 5.74) is -1.48. The van der Waals surface area contributed by atoms with Crippen LogP contribution in [0.4, 0.5) is 5.82 Å². The van der Waals surface area contributed by atoms with E-state index in [4.69, 9.17) is 5.11 Å². The molecule has 1 amide bonds. The van der Waals surface area contributed by atoms with Crippen molar-refractivity contribution >= 4 is 33.6 Å². The predicted octanol–water partition coefficient (Wildman–Crippen LogP) is 1.89. The van der Waals surface area contributed by atoms with E-state index in [0.717, 1.165) is 4.47 Å². The molecule has 0 saturated carbocycles. The number of carbonyl (C=O) groups is 2. The maximum atomic E-state index is 11.6. The highest BCUT2D eigenvalue weighted by atomic mass is 79.9. The van der Waals surface area contributed by atoms with Crippen molar-refractivity contribution in [1.82, 2.24) is 4.98 Å². The van der Waals surface area contributed by atoms with Gasteiger partial charge in [0.25, 0.3) is 0 Å². The molecule has 5 nitrogen and oxygen atoms in total. The zero-order valence-electron chi connectivity index (χ0n) is 8.82. The molecule has 1 aromatic heterocycles. The van der Waals surface area contributed by atoms with Crippen molar-refractivity contribution in [2.24, 2.45) is 5.41 Å². The van der Waals surface area contributed by atoms with E-state index in [0.29, 0.717) is 5.82 Å². The number of nitrogens with one attached hydrogen (secondary N) is 1. The number of aliphatic carboxylic acids is 1. The molecule has 0 aliphatic rings. The number of carboxylic acid groups (broad SMARTS) is 1. The van der Waals surface area contributed by atoms with Gasteiger partial charge in [-0.15, -0.1) is 0 Å². The second-order valence-electron chi connectivity index (χ2n) is 3.75. The SMILES string of the molecule is CC(C)(C(=O)O)C(=O)Nc1ccc(Br)cn1. The van der Waals surface area contributed by atoms with Crippen molar-refractivity contribution in [3.63, 3.8) is 0 Å². The lowest BCUT2D eigenvalue weighted by Gasteiger charge is -2.17. The second-order valence-corrected chi connectivity index (χ2v) is 4.66. The highest BCUT2D eigenvalue weighted by Crippen LogP contribution is 2.18. The molecule has 1 heterocycles. The van der Waals surface area contributed by atoms with Crippen molar-refractivity contribution < 1.29 is 14.7 Å². The molecule has 0 saturated heterocycles. The van der Waals surface area contributed by atoms with Gasteiger partial charge in [0.15, 0.2) is 0 Å². The quantitative estimate of drug-likeness (QED) is 0.832. The number of rotatable bonds is 3. The van der Waals surface area contributed by atoms with E-state index in [-0.39, 0.29) is 0 Å². The predicted molar refractivity (Wildman–Crippen MR) is 62.0 cm³/mol. The van der Waals surface area contributed by atoms with Gasteiger partial charge in [-0.3, -0.25) is 9.59 Å². The van der Waals surface area contributed by atoms with Crippen LogP contribution in [0.1, 0.15) is 13.8 Å². The van der Waals surface area contributed by atoms with Gasteiger partial charge in [0.2, 0.25) is 5.91 Å². The fraction of sp³-hybridized carbons (Fsp3) is 0.300. The van der Waals surface area contributed by atoms with Crippen LogP contribution in [0.3, 0.4) is 0 Å². The Bertz CT molecular complexity index is 415. The van der Waals surface area contributed by atoms with E-state index >= 15 is 0 Å². The van der Waals surface area contributed by atoms with Crippen LogP contribution in [0.15, 0.2) is 22.8 Å². The summed E-state index contributed by atoms with van der Waals surface area (Å²) in [6.07, 6.45) is 1.52. The van der Waals surface area contributed by atoms with Gasteiger partial charge in [-0.05, 0) is 41.9 Å².